The van der Waals surface area contributed by atoms with Gasteiger partial charge in [-0.1, -0.05) is 59.2 Å². The lowest BCUT2D eigenvalue weighted by Gasteiger charge is -2.04. The van der Waals surface area contributed by atoms with Crippen molar-refractivity contribution in [3.63, 3.8) is 0 Å². The van der Waals surface area contributed by atoms with Gasteiger partial charge in [-0.2, -0.15) is 0 Å². The zero-order valence-electron chi connectivity index (χ0n) is 14.3. The Balaban J connectivity index is 1.50. The summed E-state index contributed by atoms with van der Waals surface area (Å²) < 4.78 is 7.74. The first-order valence-corrected chi connectivity index (χ1v) is 9.83. The number of halogens is 2. The van der Waals surface area contributed by atoms with Crippen LogP contribution < -0.4 is 0 Å². The number of oxazole rings is 1. The Morgan fingerprint density at radius 2 is 1.93 bits per heavy atom. The largest absolute Gasteiger partial charge is 0.440 e. The molecule has 0 saturated carbocycles. The fourth-order valence-electron chi connectivity index (χ4n) is 2.60. The second-order valence-corrected chi connectivity index (χ2v) is 7.55. The monoisotopic (exact) mass is 416 g/mol. The number of hydrogen-bond acceptors (Lipinski definition) is 5. The Morgan fingerprint density at radius 1 is 1.07 bits per heavy atom. The zero-order valence-corrected chi connectivity index (χ0v) is 16.6. The molecule has 4 rings (SSSR count). The van der Waals surface area contributed by atoms with Crippen molar-refractivity contribution < 1.29 is 4.42 Å². The highest BCUT2D eigenvalue weighted by atomic mass is 35.5. The van der Waals surface area contributed by atoms with Gasteiger partial charge in [-0.3, -0.25) is 0 Å². The zero-order chi connectivity index (χ0) is 18.8. The van der Waals surface area contributed by atoms with Crippen LogP contribution in [0.4, 0.5) is 0 Å². The van der Waals surface area contributed by atoms with E-state index in [1.807, 2.05) is 60.1 Å². The molecule has 2 heterocycles. The molecular formula is C19H14Cl2N4OS. The Kier molecular flexibility index (Phi) is 5.20. The van der Waals surface area contributed by atoms with Crippen LogP contribution in [0.1, 0.15) is 5.89 Å². The molecule has 0 aliphatic carbocycles. The van der Waals surface area contributed by atoms with Crippen LogP contribution in [0.15, 0.2) is 64.3 Å². The molecule has 8 heteroatoms. The molecule has 0 fully saturated rings. The normalized spacial score (nSPS) is 11.1. The van der Waals surface area contributed by atoms with Crippen LogP contribution in [0.5, 0.6) is 0 Å². The summed E-state index contributed by atoms with van der Waals surface area (Å²) >= 11 is 13.8. The van der Waals surface area contributed by atoms with Gasteiger partial charge in [0.2, 0.25) is 5.89 Å². The van der Waals surface area contributed by atoms with Gasteiger partial charge in [-0.15, -0.1) is 10.2 Å². The lowest BCUT2D eigenvalue weighted by Crippen LogP contribution is -1.95. The van der Waals surface area contributed by atoms with Gasteiger partial charge in [0.05, 0.1) is 17.0 Å². The lowest BCUT2D eigenvalue weighted by molar-refractivity contribution is 0.529. The quantitative estimate of drug-likeness (QED) is 0.388. The lowest BCUT2D eigenvalue weighted by atomic mass is 10.2. The second kappa shape index (κ2) is 7.76. The first-order chi connectivity index (χ1) is 13.1. The summed E-state index contributed by atoms with van der Waals surface area (Å²) in [5, 5.41) is 10.6. The molecule has 136 valence electrons. The minimum atomic E-state index is 0.537. The van der Waals surface area contributed by atoms with E-state index in [0.29, 0.717) is 27.4 Å². The van der Waals surface area contributed by atoms with E-state index in [1.165, 1.54) is 11.8 Å². The Labute approximate surface area is 170 Å². The van der Waals surface area contributed by atoms with E-state index in [2.05, 4.69) is 15.2 Å². The van der Waals surface area contributed by atoms with Crippen molar-refractivity contribution in [2.45, 2.75) is 10.9 Å². The topological polar surface area (TPSA) is 56.7 Å². The first kappa shape index (κ1) is 18.1. The number of benzene rings is 2. The van der Waals surface area contributed by atoms with Gasteiger partial charge in [0.15, 0.2) is 16.7 Å². The average molecular weight is 417 g/mol. The minimum Gasteiger partial charge on any atom is -0.440 e. The Morgan fingerprint density at radius 3 is 2.74 bits per heavy atom. The van der Waals surface area contributed by atoms with E-state index < -0.39 is 0 Å². The van der Waals surface area contributed by atoms with Crippen molar-refractivity contribution >= 4 is 35.0 Å². The molecule has 4 aromatic rings. The van der Waals surface area contributed by atoms with Crippen LogP contribution in [0, 0.1) is 0 Å². The van der Waals surface area contributed by atoms with Gasteiger partial charge >= 0.3 is 0 Å². The minimum absolute atomic E-state index is 0.537. The van der Waals surface area contributed by atoms with Crippen molar-refractivity contribution in [2.24, 2.45) is 7.05 Å². The van der Waals surface area contributed by atoms with Crippen molar-refractivity contribution in [3.05, 3.63) is 70.7 Å². The summed E-state index contributed by atoms with van der Waals surface area (Å²) in [5.41, 5.74) is 1.74. The average Bonchev–Trinajstić information content (AvgIpc) is 3.28. The summed E-state index contributed by atoms with van der Waals surface area (Å²) in [5.74, 6) is 2.55. The highest BCUT2D eigenvalue weighted by molar-refractivity contribution is 7.98. The molecule has 0 saturated heterocycles. The summed E-state index contributed by atoms with van der Waals surface area (Å²) in [7, 11) is 1.91. The molecule has 27 heavy (non-hydrogen) atoms. The molecule has 0 radical (unpaired) electrons. The SMILES string of the molecule is Cn1c(SCc2ncc(-c3cccc(Cl)c3)o2)nnc1-c1ccccc1Cl. The summed E-state index contributed by atoms with van der Waals surface area (Å²) in [6.45, 7) is 0. The van der Waals surface area contributed by atoms with Gasteiger partial charge in [0.25, 0.3) is 0 Å². The highest BCUT2D eigenvalue weighted by Crippen LogP contribution is 2.30. The fraction of sp³-hybridized carbons (Fsp3) is 0.105. The molecular weight excluding hydrogens is 403 g/mol. The molecule has 2 aromatic heterocycles. The van der Waals surface area contributed by atoms with E-state index in [9.17, 15) is 0 Å². The molecule has 0 spiro atoms. The van der Waals surface area contributed by atoms with Crippen molar-refractivity contribution in [1.82, 2.24) is 19.7 Å². The molecule has 2 aromatic carbocycles. The molecule has 5 nitrogen and oxygen atoms in total. The Bertz CT molecular complexity index is 1090. The number of hydrogen-bond donors (Lipinski definition) is 0. The van der Waals surface area contributed by atoms with Crippen LogP contribution in [-0.2, 0) is 12.8 Å². The maximum absolute atomic E-state index is 6.26. The number of nitrogens with zero attached hydrogens (tertiary/aromatic N) is 4. The number of rotatable bonds is 5. The number of aromatic nitrogens is 4. The van der Waals surface area contributed by atoms with Gasteiger partial charge in [-0.25, -0.2) is 4.98 Å². The van der Waals surface area contributed by atoms with Crippen LogP contribution in [0.25, 0.3) is 22.7 Å². The molecule has 0 aliphatic heterocycles. The van der Waals surface area contributed by atoms with Crippen LogP contribution in [0.2, 0.25) is 10.0 Å². The van der Waals surface area contributed by atoms with Crippen LogP contribution in [-0.4, -0.2) is 19.7 Å². The van der Waals surface area contributed by atoms with E-state index in [-0.39, 0.29) is 0 Å². The third-order valence-electron chi connectivity index (χ3n) is 3.94. The van der Waals surface area contributed by atoms with E-state index in [0.717, 1.165) is 22.1 Å². The molecule has 0 aliphatic rings. The summed E-state index contributed by atoms with van der Waals surface area (Å²) in [4.78, 5) is 4.34. The molecule has 0 unspecified atom stereocenters. The predicted octanol–water partition coefficient (Wildman–Crippen LogP) is 5.74. The molecule has 0 atom stereocenters. The predicted molar refractivity (Wildman–Crippen MR) is 108 cm³/mol. The van der Waals surface area contributed by atoms with Crippen LogP contribution >= 0.6 is 35.0 Å². The second-order valence-electron chi connectivity index (χ2n) is 5.76. The first-order valence-electron chi connectivity index (χ1n) is 8.09. The summed E-state index contributed by atoms with van der Waals surface area (Å²) in [6.07, 6.45) is 1.70. The summed E-state index contributed by atoms with van der Waals surface area (Å²) in [6, 6.07) is 15.0. The fourth-order valence-corrected chi connectivity index (χ4v) is 3.77. The molecule has 0 amide bonds. The van der Waals surface area contributed by atoms with Crippen molar-refractivity contribution in [1.29, 1.82) is 0 Å². The van der Waals surface area contributed by atoms with E-state index >= 15 is 0 Å². The van der Waals surface area contributed by atoms with Crippen molar-refractivity contribution in [3.8, 4) is 22.7 Å². The molecule has 0 bridgehead atoms. The Hall–Kier alpha value is -2.28. The smallest absolute Gasteiger partial charge is 0.205 e. The van der Waals surface area contributed by atoms with Gasteiger partial charge in [0.1, 0.15) is 0 Å². The maximum atomic E-state index is 6.26. The van der Waals surface area contributed by atoms with Gasteiger partial charge in [0, 0.05) is 23.2 Å². The third kappa shape index (κ3) is 3.88. The van der Waals surface area contributed by atoms with E-state index in [4.69, 9.17) is 27.6 Å². The third-order valence-corrected chi connectivity index (χ3v) is 5.51. The highest BCUT2D eigenvalue weighted by Gasteiger charge is 2.15. The van der Waals surface area contributed by atoms with Crippen LogP contribution in [0.3, 0.4) is 0 Å². The van der Waals surface area contributed by atoms with E-state index in [1.54, 1.807) is 6.20 Å². The van der Waals surface area contributed by atoms with Crippen molar-refractivity contribution in [2.75, 3.05) is 0 Å². The van der Waals surface area contributed by atoms with Gasteiger partial charge < -0.3 is 8.98 Å². The molecule has 0 N–H and O–H groups in total. The maximum Gasteiger partial charge on any atom is 0.205 e. The number of thioether (sulfide) groups is 1. The standard InChI is InChI=1S/C19H14Cl2N4OS/c1-25-18(14-7-2-3-8-15(14)21)23-24-19(25)27-11-17-22-10-16(26-17)12-5-4-6-13(20)9-12/h2-10H,11H2,1H3. The van der Waals surface area contributed by atoms with Gasteiger partial charge in [-0.05, 0) is 24.3 Å².